The van der Waals surface area contributed by atoms with E-state index >= 15 is 0 Å². The molecular formula is C12H16N2. The molecule has 2 N–H and O–H groups in total. The average molecular weight is 188 g/mol. The third-order valence-corrected chi connectivity index (χ3v) is 2.40. The molecule has 0 atom stereocenters. The predicted octanol–water partition coefficient (Wildman–Crippen LogP) is 2.59. The lowest BCUT2D eigenvalue weighted by molar-refractivity contribution is 0.715. The number of H-pyrrole nitrogens is 1. The number of nitrogens with one attached hydrogen (secondary N) is 2. The highest BCUT2D eigenvalue weighted by Crippen LogP contribution is 2.16. The Hall–Kier alpha value is -1.28. The highest BCUT2D eigenvalue weighted by molar-refractivity contribution is 5.81. The van der Waals surface area contributed by atoms with E-state index in [0.29, 0.717) is 0 Å². The molecule has 2 heteroatoms. The molecule has 0 amide bonds. The molecule has 2 rings (SSSR count). The van der Waals surface area contributed by atoms with Crippen LogP contribution in [0.1, 0.15) is 18.2 Å². The second kappa shape index (κ2) is 3.84. The fourth-order valence-electron chi connectivity index (χ4n) is 1.67. The largest absolute Gasteiger partial charge is 0.357 e. The van der Waals surface area contributed by atoms with Crippen LogP contribution in [0.3, 0.4) is 0 Å². The molecule has 0 unspecified atom stereocenters. The number of aromatic nitrogens is 1. The van der Waals surface area contributed by atoms with Gasteiger partial charge in [0.15, 0.2) is 0 Å². The van der Waals surface area contributed by atoms with E-state index in [1.54, 1.807) is 0 Å². The molecule has 1 aromatic heterocycles. The van der Waals surface area contributed by atoms with Crippen molar-refractivity contribution < 1.29 is 0 Å². The number of hydrogen-bond acceptors (Lipinski definition) is 1. The van der Waals surface area contributed by atoms with Gasteiger partial charge in [0.25, 0.3) is 0 Å². The van der Waals surface area contributed by atoms with Gasteiger partial charge in [-0.1, -0.05) is 18.6 Å². The van der Waals surface area contributed by atoms with Crippen molar-refractivity contribution in [2.45, 2.75) is 20.4 Å². The van der Waals surface area contributed by atoms with Gasteiger partial charge in [0, 0.05) is 17.8 Å². The molecule has 0 aliphatic rings. The summed E-state index contributed by atoms with van der Waals surface area (Å²) >= 11 is 0. The van der Waals surface area contributed by atoms with Crippen LogP contribution in [0.4, 0.5) is 0 Å². The van der Waals surface area contributed by atoms with Gasteiger partial charge < -0.3 is 10.3 Å². The van der Waals surface area contributed by atoms with Crippen molar-refractivity contribution in [2.75, 3.05) is 6.54 Å². The maximum absolute atomic E-state index is 3.40. The zero-order valence-electron chi connectivity index (χ0n) is 8.72. The van der Waals surface area contributed by atoms with E-state index in [0.717, 1.165) is 13.1 Å². The van der Waals surface area contributed by atoms with Crippen molar-refractivity contribution in [3.8, 4) is 0 Å². The summed E-state index contributed by atoms with van der Waals surface area (Å²) in [6, 6.07) is 8.70. The Morgan fingerprint density at radius 3 is 2.93 bits per heavy atom. The Morgan fingerprint density at radius 2 is 2.14 bits per heavy atom. The smallest absolute Gasteiger partial charge is 0.0456 e. The zero-order valence-corrected chi connectivity index (χ0v) is 8.72. The van der Waals surface area contributed by atoms with Crippen LogP contribution in [0.5, 0.6) is 0 Å². The average Bonchev–Trinajstić information content (AvgIpc) is 2.56. The van der Waals surface area contributed by atoms with Crippen LogP contribution >= 0.6 is 0 Å². The van der Waals surface area contributed by atoms with Crippen LogP contribution in [0.25, 0.3) is 10.9 Å². The molecule has 74 valence electrons. The Kier molecular flexibility index (Phi) is 2.55. The molecular weight excluding hydrogens is 172 g/mol. The first-order valence-corrected chi connectivity index (χ1v) is 5.08. The van der Waals surface area contributed by atoms with E-state index < -0.39 is 0 Å². The van der Waals surface area contributed by atoms with Gasteiger partial charge in [-0.3, -0.25) is 0 Å². The Labute approximate surface area is 84.3 Å². The Bertz CT molecular complexity index is 429. The normalized spacial score (nSPS) is 11.0. The molecule has 2 nitrogen and oxygen atoms in total. The van der Waals surface area contributed by atoms with Crippen LogP contribution < -0.4 is 5.32 Å². The minimum Gasteiger partial charge on any atom is -0.357 e. The lowest BCUT2D eigenvalue weighted by Gasteiger charge is -1.96. The van der Waals surface area contributed by atoms with Gasteiger partial charge >= 0.3 is 0 Å². The lowest BCUT2D eigenvalue weighted by atomic mass is 10.2. The summed E-state index contributed by atoms with van der Waals surface area (Å²) in [7, 11) is 0. The fourth-order valence-corrected chi connectivity index (χ4v) is 1.67. The second-order valence-corrected chi connectivity index (χ2v) is 3.67. The minimum absolute atomic E-state index is 0.921. The van der Waals surface area contributed by atoms with Gasteiger partial charge in [-0.2, -0.15) is 0 Å². The number of benzene rings is 1. The zero-order chi connectivity index (χ0) is 9.97. The van der Waals surface area contributed by atoms with Crippen molar-refractivity contribution in [1.82, 2.24) is 10.3 Å². The molecule has 0 saturated heterocycles. The van der Waals surface area contributed by atoms with Crippen LogP contribution in [0, 0.1) is 6.92 Å². The van der Waals surface area contributed by atoms with Gasteiger partial charge in [0.1, 0.15) is 0 Å². The van der Waals surface area contributed by atoms with Crippen molar-refractivity contribution >= 4 is 10.9 Å². The first kappa shape index (κ1) is 9.28. The van der Waals surface area contributed by atoms with Crippen LogP contribution in [-0.2, 0) is 6.54 Å². The topological polar surface area (TPSA) is 27.8 Å². The molecule has 0 aliphatic carbocycles. The van der Waals surface area contributed by atoms with Gasteiger partial charge in [-0.05, 0) is 37.1 Å². The molecule has 14 heavy (non-hydrogen) atoms. The van der Waals surface area contributed by atoms with E-state index in [-0.39, 0.29) is 0 Å². The molecule has 2 aromatic rings. The summed E-state index contributed by atoms with van der Waals surface area (Å²) < 4.78 is 0. The quantitative estimate of drug-likeness (QED) is 0.761. The SMILES string of the molecule is CCNCc1cc2cc(C)ccc2[nH]1. The summed E-state index contributed by atoms with van der Waals surface area (Å²) in [6.45, 7) is 6.17. The van der Waals surface area contributed by atoms with Crippen LogP contribution in [0.2, 0.25) is 0 Å². The molecule has 0 spiro atoms. The Morgan fingerprint density at radius 1 is 1.29 bits per heavy atom. The number of hydrogen-bond donors (Lipinski definition) is 2. The summed E-state index contributed by atoms with van der Waals surface area (Å²) in [5.41, 5.74) is 3.79. The van der Waals surface area contributed by atoms with E-state index in [1.807, 2.05) is 0 Å². The van der Waals surface area contributed by atoms with Crippen LogP contribution in [0.15, 0.2) is 24.3 Å². The molecule has 0 fully saturated rings. The maximum Gasteiger partial charge on any atom is 0.0456 e. The van der Waals surface area contributed by atoms with Crippen molar-refractivity contribution in [1.29, 1.82) is 0 Å². The first-order valence-electron chi connectivity index (χ1n) is 5.08. The number of fused-ring (bicyclic) bond motifs is 1. The van der Waals surface area contributed by atoms with Gasteiger partial charge in [-0.25, -0.2) is 0 Å². The predicted molar refractivity (Wildman–Crippen MR) is 60.4 cm³/mol. The third-order valence-electron chi connectivity index (χ3n) is 2.40. The van der Waals surface area contributed by atoms with Gasteiger partial charge in [-0.15, -0.1) is 0 Å². The van der Waals surface area contributed by atoms with Gasteiger partial charge in [0.2, 0.25) is 0 Å². The molecule has 1 aromatic carbocycles. The summed E-state index contributed by atoms with van der Waals surface area (Å²) in [5, 5.41) is 4.61. The molecule has 0 aliphatic heterocycles. The van der Waals surface area contributed by atoms with E-state index in [9.17, 15) is 0 Å². The van der Waals surface area contributed by atoms with E-state index in [2.05, 4.69) is 48.4 Å². The maximum atomic E-state index is 3.40. The van der Waals surface area contributed by atoms with Gasteiger partial charge in [0.05, 0.1) is 0 Å². The molecule has 0 saturated carbocycles. The Balaban J connectivity index is 2.32. The summed E-state index contributed by atoms with van der Waals surface area (Å²) in [6.07, 6.45) is 0. The fraction of sp³-hybridized carbons (Fsp3) is 0.333. The molecule has 0 bridgehead atoms. The number of aryl methyl sites for hydroxylation is 1. The summed E-state index contributed by atoms with van der Waals surface area (Å²) in [5.74, 6) is 0. The van der Waals surface area contributed by atoms with E-state index in [1.165, 1.54) is 22.2 Å². The van der Waals surface area contributed by atoms with Crippen molar-refractivity contribution in [3.63, 3.8) is 0 Å². The first-order chi connectivity index (χ1) is 6.79. The molecule has 0 radical (unpaired) electrons. The highest BCUT2D eigenvalue weighted by atomic mass is 14.9. The third kappa shape index (κ3) is 1.80. The molecule has 1 heterocycles. The van der Waals surface area contributed by atoms with E-state index in [4.69, 9.17) is 0 Å². The number of rotatable bonds is 3. The van der Waals surface area contributed by atoms with Crippen LogP contribution in [-0.4, -0.2) is 11.5 Å². The van der Waals surface area contributed by atoms with Crippen molar-refractivity contribution in [2.24, 2.45) is 0 Å². The minimum atomic E-state index is 0.921. The van der Waals surface area contributed by atoms with Crippen molar-refractivity contribution in [3.05, 3.63) is 35.5 Å². The number of aromatic amines is 1. The summed E-state index contributed by atoms with van der Waals surface area (Å²) in [4.78, 5) is 3.40. The standard InChI is InChI=1S/C12H16N2/c1-3-13-8-11-7-10-6-9(2)4-5-12(10)14-11/h4-7,13-14H,3,8H2,1-2H3. The lowest BCUT2D eigenvalue weighted by Crippen LogP contribution is -2.11. The highest BCUT2D eigenvalue weighted by Gasteiger charge is 1.99. The monoisotopic (exact) mass is 188 g/mol. The second-order valence-electron chi connectivity index (χ2n) is 3.67.